The minimum atomic E-state index is -0.284. The van der Waals surface area contributed by atoms with Gasteiger partial charge in [-0.05, 0) is 48.6 Å². The van der Waals surface area contributed by atoms with Gasteiger partial charge in [0.15, 0.2) is 0 Å². The summed E-state index contributed by atoms with van der Waals surface area (Å²) >= 11 is 1.43. The highest BCUT2D eigenvalue weighted by Gasteiger charge is 2.18. The van der Waals surface area contributed by atoms with Crippen molar-refractivity contribution in [1.82, 2.24) is 5.32 Å². The number of benzene rings is 1. The van der Waals surface area contributed by atoms with Gasteiger partial charge in [0.05, 0.1) is 4.88 Å². The molecule has 1 saturated carbocycles. The summed E-state index contributed by atoms with van der Waals surface area (Å²) in [5.74, 6) is 0.336. The van der Waals surface area contributed by atoms with Gasteiger partial charge in [0.2, 0.25) is 0 Å². The Balaban J connectivity index is 1.54. The number of ether oxygens (including phenoxy) is 1. The first kappa shape index (κ1) is 15.0. The fourth-order valence-electron chi connectivity index (χ4n) is 2.59. The molecule has 1 fully saturated rings. The molecule has 5 heteroatoms. The van der Waals surface area contributed by atoms with Crippen LogP contribution in [-0.4, -0.2) is 11.9 Å². The fourth-order valence-corrected chi connectivity index (χ4v) is 3.39. The second-order valence-electron chi connectivity index (χ2n) is 5.52. The van der Waals surface area contributed by atoms with Gasteiger partial charge >= 0.3 is 0 Å². The summed E-state index contributed by atoms with van der Waals surface area (Å²) in [6.45, 7) is 0.374. The molecule has 2 aromatic rings. The molecule has 1 aliphatic rings. The second-order valence-corrected chi connectivity index (χ2v) is 6.43. The van der Waals surface area contributed by atoms with Crippen LogP contribution in [0.15, 0.2) is 35.7 Å². The Hall–Kier alpha value is -1.88. The summed E-state index contributed by atoms with van der Waals surface area (Å²) in [6.07, 6.45) is 4.56. The fraction of sp³-hybridized carbons (Fsp3) is 0.353. The van der Waals surface area contributed by atoms with Crippen LogP contribution in [0.25, 0.3) is 0 Å². The maximum absolute atomic E-state index is 12.8. The number of rotatable bonds is 5. The van der Waals surface area contributed by atoms with Crippen molar-refractivity contribution in [3.63, 3.8) is 0 Å². The lowest BCUT2D eigenvalue weighted by atomic mass is 10.2. The molecule has 0 bridgehead atoms. The molecule has 1 aromatic heterocycles. The molecule has 1 N–H and O–H groups in total. The first-order valence-electron chi connectivity index (χ1n) is 7.47. The van der Waals surface area contributed by atoms with Crippen molar-refractivity contribution in [3.8, 4) is 5.75 Å². The van der Waals surface area contributed by atoms with Gasteiger partial charge in [0.25, 0.3) is 5.91 Å². The number of thiophene rings is 1. The van der Waals surface area contributed by atoms with Crippen LogP contribution in [0.1, 0.15) is 40.9 Å². The standard InChI is InChI=1S/C17H18FNO2S/c18-13-5-7-15(8-6-13)21-10-12-9-16(22-11-12)17(20)19-14-3-1-2-4-14/h5-9,11,14H,1-4,10H2,(H,19,20). The van der Waals surface area contributed by atoms with Crippen LogP contribution in [0.5, 0.6) is 5.75 Å². The van der Waals surface area contributed by atoms with Crippen molar-refractivity contribution < 1.29 is 13.9 Å². The third-order valence-electron chi connectivity index (χ3n) is 3.79. The van der Waals surface area contributed by atoms with Crippen LogP contribution in [0.2, 0.25) is 0 Å². The average molecular weight is 319 g/mol. The normalized spacial score (nSPS) is 15.0. The lowest BCUT2D eigenvalue weighted by Gasteiger charge is -2.10. The highest BCUT2D eigenvalue weighted by atomic mass is 32.1. The molecule has 3 nitrogen and oxygen atoms in total. The van der Waals surface area contributed by atoms with Gasteiger partial charge < -0.3 is 10.1 Å². The molecule has 22 heavy (non-hydrogen) atoms. The Morgan fingerprint density at radius 3 is 2.73 bits per heavy atom. The first-order chi connectivity index (χ1) is 10.7. The number of halogens is 1. The Morgan fingerprint density at radius 1 is 1.27 bits per heavy atom. The molecule has 0 atom stereocenters. The van der Waals surface area contributed by atoms with Crippen LogP contribution < -0.4 is 10.1 Å². The van der Waals surface area contributed by atoms with Crippen LogP contribution in [0.4, 0.5) is 4.39 Å². The van der Waals surface area contributed by atoms with E-state index in [4.69, 9.17) is 4.74 Å². The third kappa shape index (κ3) is 3.85. The molecule has 0 saturated heterocycles. The lowest BCUT2D eigenvalue weighted by Crippen LogP contribution is -2.31. The minimum Gasteiger partial charge on any atom is -0.489 e. The maximum Gasteiger partial charge on any atom is 0.261 e. The van der Waals surface area contributed by atoms with E-state index < -0.39 is 0 Å². The van der Waals surface area contributed by atoms with Gasteiger partial charge in [-0.3, -0.25) is 4.79 Å². The molecule has 3 rings (SSSR count). The number of carbonyl (C=O) groups is 1. The predicted molar refractivity (Wildman–Crippen MR) is 84.8 cm³/mol. The smallest absolute Gasteiger partial charge is 0.261 e. The van der Waals surface area contributed by atoms with E-state index >= 15 is 0 Å². The Kier molecular flexibility index (Phi) is 4.73. The van der Waals surface area contributed by atoms with Crippen LogP contribution in [0.3, 0.4) is 0 Å². The van der Waals surface area contributed by atoms with Crippen molar-refractivity contribution in [1.29, 1.82) is 0 Å². The Labute approximate surface area is 133 Å². The maximum atomic E-state index is 12.8. The summed E-state index contributed by atoms with van der Waals surface area (Å²) in [5, 5.41) is 5.00. The average Bonchev–Trinajstić information content (AvgIpc) is 3.18. The van der Waals surface area contributed by atoms with Crippen LogP contribution in [-0.2, 0) is 6.61 Å². The van der Waals surface area contributed by atoms with Crippen molar-refractivity contribution in [2.45, 2.75) is 38.3 Å². The quantitative estimate of drug-likeness (QED) is 0.899. The van der Waals surface area contributed by atoms with E-state index in [1.54, 1.807) is 12.1 Å². The largest absolute Gasteiger partial charge is 0.489 e. The van der Waals surface area contributed by atoms with E-state index in [2.05, 4.69) is 5.32 Å². The Bertz CT molecular complexity index is 632. The van der Waals surface area contributed by atoms with Gasteiger partial charge in [0, 0.05) is 11.6 Å². The molecule has 116 valence electrons. The van der Waals surface area contributed by atoms with E-state index in [0.29, 0.717) is 23.3 Å². The molecule has 1 amide bonds. The third-order valence-corrected chi connectivity index (χ3v) is 4.76. The van der Waals surface area contributed by atoms with Gasteiger partial charge in [-0.15, -0.1) is 11.3 Å². The second kappa shape index (κ2) is 6.92. The monoisotopic (exact) mass is 319 g/mol. The van der Waals surface area contributed by atoms with Crippen LogP contribution in [0, 0.1) is 5.82 Å². The molecular weight excluding hydrogens is 301 g/mol. The van der Waals surface area contributed by atoms with Gasteiger partial charge in [0.1, 0.15) is 18.2 Å². The summed E-state index contributed by atoms with van der Waals surface area (Å²) in [6, 6.07) is 8.10. The van der Waals surface area contributed by atoms with Crippen molar-refractivity contribution >= 4 is 17.2 Å². The number of nitrogens with one attached hydrogen (secondary N) is 1. The van der Waals surface area contributed by atoms with E-state index in [-0.39, 0.29) is 11.7 Å². The zero-order valence-electron chi connectivity index (χ0n) is 12.2. The van der Waals surface area contributed by atoms with Crippen molar-refractivity contribution in [3.05, 3.63) is 52.0 Å². The topological polar surface area (TPSA) is 38.3 Å². The molecule has 0 unspecified atom stereocenters. The van der Waals surface area contributed by atoms with Crippen molar-refractivity contribution in [2.24, 2.45) is 0 Å². The molecule has 0 spiro atoms. The Morgan fingerprint density at radius 2 is 2.00 bits per heavy atom. The van der Waals surface area contributed by atoms with E-state index in [0.717, 1.165) is 18.4 Å². The number of carbonyl (C=O) groups excluding carboxylic acids is 1. The number of hydrogen-bond donors (Lipinski definition) is 1. The summed E-state index contributed by atoms with van der Waals surface area (Å²) in [5.41, 5.74) is 0.950. The molecular formula is C17H18FNO2S. The summed E-state index contributed by atoms with van der Waals surface area (Å²) in [7, 11) is 0. The SMILES string of the molecule is O=C(NC1CCCC1)c1cc(COc2ccc(F)cc2)cs1. The first-order valence-corrected chi connectivity index (χ1v) is 8.35. The van der Waals surface area contributed by atoms with E-state index in [1.807, 2.05) is 11.4 Å². The van der Waals surface area contributed by atoms with E-state index in [9.17, 15) is 9.18 Å². The molecule has 0 aliphatic heterocycles. The van der Waals surface area contributed by atoms with Crippen LogP contribution >= 0.6 is 11.3 Å². The summed E-state index contributed by atoms with van der Waals surface area (Å²) < 4.78 is 18.4. The minimum absolute atomic E-state index is 0.00457. The highest BCUT2D eigenvalue weighted by molar-refractivity contribution is 7.12. The highest BCUT2D eigenvalue weighted by Crippen LogP contribution is 2.21. The number of amides is 1. The zero-order valence-corrected chi connectivity index (χ0v) is 13.0. The molecule has 1 aromatic carbocycles. The van der Waals surface area contributed by atoms with Gasteiger partial charge in [-0.2, -0.15) is 0 Å². The van der Waals surface area contributed by atoms with Gasteiger partial charge in [-0.25, -0.2) is 4.39 Å². The number of hydrogen-bond acceptors (Lipinski definition) is 3. The van der Waals surface area contributed by atoms with Crippen molar-refractivity contribution in [2.75, 3.05) is 0 Å². The van der Waals surface area contributed by atoms with Gasteiger partial charge in [-0.1, -0.05) is 12.8 Å². The molecule has 0 radical (unpaired) electrons. The molecule has 1 aliphatic carbocycles. The van der Waals surface area contributed by atoms with E-state index in [1.165, 1.54) is 36.3 Å². The lowest BCUT2D eigenvalue weighted by molar-refractivity contribution is 0.0942. The zero-order chi connectivity index (χ0) is 15.4. The molecule has 1 heterocycles. The summed E-state index contributed by atoms with van der Waals surface area (Å²) in [4.78, 5) is 12.9. The predicted octanol–water partition coefficient (Wildman–Crippen LogP) is 4.14.